The maximum atomic E-state index is 5.97. The molecule has 90 valence electrons. The van der Waals surface area contributed by atoms with Gasteiger partial charge in [0.25, 0.3) is 0 Å². The zero-order chi connectivity index (χ0) is 12.5. The lowest BCUT2D eigenvalue weighted by atomic mass is 10.2. The van der Waals surface area contributed by atoms with E-state index < -0.39 is 0 Å². The van der Waals surface area contributed by atoms with Gasteiger partial charge in [0, 0.05) is 10.0 Å². The van der Waals surface area contributed by atoms with Gasteiger partial charge < -0.3 is 10.2 Å². The SMILES string of the molecule is Nc1cn(-c2ccc(Br)cc2)nc1-c1ccoc1. The van der Waals surface area contributed by atoms with Crippen LogP contribution in [0.1, 0.15) is 0 Å². The molecule has 0 atom stereocenters. The zero-order valence-electron chi connectivity index (χ0n) is 9.38. The fraction of sp³-hybridized carbons (Fsp3) is 0. The molecular weight excluding hydrogens is 294 g/mol. The molecular formula is C13H10BrN3O. The molecule has 0 radical (unpaired) electrons. The molecule has 2 aromatic heterocycles. The lowest BCUT2D eigenvalue weighted by Crippen LogP contribution is -1.94. The van der Waals surface area contributed by atoms with Gasteiger partial charge in [-0.25, -0.2) is 4.68 Å². The van der Waals surface area contributed by atoms with E-state index in [1.807, 2.05) is 30.3 Å². The molecule has 3 aromatic rings. The Bertz CT molecular complexity index is 656. The number of hydrogen-bond acceptors (Lipinski definition) is 3. The molecule has 2 N–H and O–H groups in total. The second-order valence-electron chi connectivity index (χ2n) is 3.87. The number of benzene rings is 1. The van der Waals surface area contributed by atoms with Gasteiger partial charge in [-0.15, -0.1) is 0 Å². The van der Waals surface area contributed by atoms with Crippen molar-refractivity contribution >= 4 is 21.6 Å². The van der Waals surface area contributed by atoms with Crippen LogP contribution in [0.5, 0.6) is 0 Å². The van der Waals surface area contributed by atoms with Crippen molar-refractivity contribution in [3.8, 4) is 16.9 Å². The number of rotatable bonds is 2. The van der Waals surface area contributed by atoms with Crippen LogP contribution in [0.3, 0.4) is 0 Å². The predicted molar refractivity (Wildman–Crippen MR) is 73.4 cm³/mol. The molecule has 0 aliphatic heterocycles. The monoisotopic (exact) mass is 303 g/mol. The third kappa shape index (κ3) is 1.93. The van der Waals surface area contributed by atoms with E-state index in [-0.39, 0.29) is 0 Å². The van der Waals surface area contributed by atoms with Crippen molar-refractivity contribution < 1.29 is 4.42 Å². The quantitative estimate of drug-likeness (QED) is 0.788. The van der Waals surface area contributed by atoms with Crippen molar-refractivity contribution in [1.82, 2.24) is 9.78 Å². The number of hydrogen-bond donors (Lipinski definition) is 1. The summed E-state index contributed by atoms with van der Waals surface area (Å²) in [5.74, 6) is 0. The Morgan fingerprint density at radius 1 is 1.17 bits per heavy atom. The standard InChI is InChI=1S/C13H10BrN3O/c14-10-1-3-11(4-2-10)17-7-12(15)13(16-17)9-5-6-18-8-9/h1-8H,15H2. The van der Waals surface area contributed by atoms with E-state index in [9.17, 15) is 0 Å². The average molecular weight is 304 g/mol. The predicted octanol–water partition coefficient (Wildman–Crippen LogP) is 3.48. The summed E-state index contributed by atoms with van der Waals surface area (Å²) in [6.07, 6.45) is 5.03. The van der Waals surface area contributed by atoms with Gasteiger partial charge in [-0.3, -0.25) is 0 Å². The fourth-order valence-corrected chi connectivity index (χ4v) is 2.00. The maximum absolute atomic E-state index is 5.97. The summed E-state index contributed by atoms with van der Waals surface area (Å²) >= 11 is 3.40. The summed E-state index contributed by atoms with van der Waals surface area (Å²) in [5, 5.41) is 4.47. The highest BCUT2D eigenvalue weighted by Gasteiger charge is 2.10. The summed E-state index contributed by atoms with van der Waals surface area (Å²) in [4.78, 5) is 0. The van der Waals surface area contributed by atoms with Gasteiger partial charge in [-0.05, 0) is 30.3 Å². The summed E-state index contributed by atoms with van der Waals surface area (Å²) in [5.41, 5.74) is 9.15. The average Bonchev–Trinajstić information content (AvgIpc) is 2.99. The molecule has 0 spiro atoms. The van der Waals surface area contributed by atoms with E-state index in [1.165, 1.54) is 0 Å². The molecule has 3 rings (SSSR count). The van der Waals surface area contributed by atoms with Crippen molar-refractivity contribution in [1.29, 1.82) is 0 Å². The normalized spacial score (nSPS) is 10.7. The van der Waals surface area contributed by atoms with Crippen molar-refractivity contribution in [2.24, 2.45) is 0 Å². The van der Waals surface area contributed by atoms with Crippen LogP contribution in [0.15, 0.2) is 57.9 Å². The number of aromatic nitrogens is 2. The van der Waals surface area contributed by atoms with E-state index in [0.29, 0.717) is 5.69 Å². The Morgan fingerprint density at radius 3 is 2.61 bits per heavy atom. The lowest BCUT2D eigenvalue weighted by molar-refractivity contribution is 0.568. The van der Waals surface area contributed by atoms with E-state index in [4.69, 9.17) is 10.2 Å². The Kier molecular flexibility index (Phi) is 2.68. The Balaban J connectivity index is 2.05. The molecule has 18 heavy (non-hydrogen) atoms. The highest BCUT2D eigenvalue weighted by atomic mass is 79.9. The first-order valence-electron chi connectivity index (χ1n) is 5.38. The van der Waals surface area contributed by atoms with Gasteiger partial charge in [0.2, 0.25) is 0 Å². The van der Waals surface area contributed by atoms with Gasteiger partial charge in [0.15, 0.2) is 0 Å². The van der Waals surface area contributed by atoms with Gasteiger partial charge in [-0.2, -0.15) is 5.10 Å². The highest BCUT2D eigenvalue weighted by Crippen LogP contribution is 2.25. The molecule has 2 heterocycles. The first-order chi connectivity index (χ1) is 8.74. The van der Waals surface area contributed by atoms with Crippen LogP contribution < -0.4 is 5.73 Å². The third-order valence-electron chi connectivity index (χ3n) is 2.63. The summed E-state index contributed by atoms with van der Waals surface area (Å²) < 4.78 is 7.83. The number of anilines is 1. The van der Waals surface area contributed by atoms with Gasteiger partial charge in [0.1, 0.15) is 5.69 Å². The van der Waals surface area contributed by atoms with E-state index in [0.717, 1.165) is 21.4 Å². The second kappa shape index (κ2) is 4.34. The van der Waals surface area contributed by atoms with E-state index >= 15 is 0 Å². The molecule has 0 unspecified atom stereocenters. The number of halogens is 1. The fourth-order valence-electron chi connectivity index (χ4n) is 1.74. The van der Waals surface area contributed by atoms with E-state index in [2.05, 4.69) is 21.0 Å². The molecule has 4 nitrogen and oxygen atoms in total. The van der Waals surface area contributed by atoms with Gasteiger partial charge in [0.05, 0.1) is 30.1 Å². The van der Waals surface area contributed by atoms with Crippen LogP contribution in [-0.4, -0.2) is 9.78 Å². The first kappa shape index (κ1) is 11.1. The van der Waals surface area contributed by atoms with Crippen LogP contribution in [0.25, 0.3) is 16.9 Å². The molecule has 0 aliphatic rings. The van der Waals surface area contributed by atoms with Crippen molar-refractivity contribution in [3.63, 3.8) is 0 Å². The summed E-state index contributed by atoms with van der Waals surface area (Å²) in [6.45, 7) is 0. The van der Waals surface area contributed by atoms with Crippen LogP contribution in [0.2, 0.25) is 0 Å². The largest absolute Gasteiger partial charge is 0.472 e. The van der Waals surface area contributed by atoms with E-state index in [1.54, 1.807) is 23.4 Å². The smallest absolute Gasteiger partial charge is 0.119 e. The van der Waals surface area contributed by atoms with Crippen LogP contribution in [-0.2, 0) is 0 Å². The van der Waals surface area contributed by atoms with Crippen molar-refractivity contribution in [3.05, 3.63) is 53.5 Å². The number of nitrogen functional groups attached to an aromatic ring is 1. The van der Waals surface area contributed by atoms with Crippen molar-refractivity contribution in [2.75, 3.05) is 5.73 Å². The molecule has 5 heteroatoms. The minimum atomic E-state index is 0.624. The number of nitrogens with two attached hydrogens (primary N) is 1. The molecule has 0 saturated heterocycles. The Morgan fingerprint density at radius 2 is 1.94 bits per heavy atom. The van der Waals surface area contributed by atoms with Crippen molar-refractivity contribution in [2.45, 2.75) is 0 Å². The van der Waals surface area contributed by atoms with Crippen LogP contribution in [0.4, 0.5) is 5.69 Å². The molecule has 0 fully saturated rings. The molecule has 0 amide bonds. The third-order valence-corrected chi connectivity index (χ3v) is 3.16. The molecule has 0 saturated carbocycles. The Labute approximate surface area is 112 Å². The lowest BCUT2D eigenvalue weighted by Gasteiger charge is -2.00. The summed E-state index contributed by atoms with van der Waals surface area (Å²) in [6, 6.07) is 9.70. The van der Waals surface area contributed by atoms with Crippen LogP contribution in [0, 0.1) is 0 Å². The second-order valence-corrected chi connectivity index (χ2v) is 4.78. The molecule has 0 bridgehead atoms. The number of furan rings is 1. The number of nitrogens with zero attached hydrogens (tertiary/aromatic N) is 2. The maximum Gasteiger partial charge on any atom is 0.119 e. The zero-order valence-corrected chi connectivity index (χ0v) is 11.0. The topological polar surface area (TPSA) is 57.0 Å². The Hall–Kier alpha value is -2.01. The van der Waals surface area contributed by atoms with Crippen LogP contribution >= 0.6 is 15.9 Å². The van der Waals surface area contributed by atoms with Gasteiger partial charge >= 0.3 is 0 Å². The minimum absolute atomic E-state index is 0.624. The molecule has 1 aromatic carbocycles. The molecule has 0 aliphatic carbocycles. The minimum Gasteiger partial charge on any atom is -0.472 e. The van der Waals surface area contributed by atoms with Gasteiger partial charge in [-0.1, -0.05) is 15.9 Å². The highest BCUT2D eigenvalue weighted by molar-refractivity contribution is 9.10. The first-order valence-corrected chi connectivity index (χ1v) is 6.17. The summed E-state index contributed by atoms with van der Waals surface area (Å²) in [7, 11) is 0.